The monoisotopic (exact) mass is 259 g/mol. The van der Waals surface area contributed by atoms with Gasteiger partial charge in [-0.1, -0.05) is 30.7 Å². The lowest BCUT2D eigenvalue weighted by Gasteiger charge is -2.17. The number of allylic oxidation sites excluding steroid dienone is 1. The fourth-order valence-electron chi connectivity index (χ4n) is 2.27. The standard InChI is InChI=1S/C16H21NS/c1-4-17-15(10-9-12(2)3)14-11-18-16-8-6-5-7-13(14)16/h5-8,11,15,17H,2,4,9-10H2,1,3H3. The lowest BCUT2D eigenvalue weighted by molar-refractivity contribution is 0.519. The topological polar surface area (TPSA) is 12.0 Å². The van der Waals surface area contributed by atoms with Crippen LogP contribution >= 0.6 is 11.3 Å². The van der Waals surface area contributed by atoms with Crippen LogP contribution in [0, 0.1) is 0 Å². The number of hydrogen-bond donors (Lipinski definition) is 1. The molecule has 0 aliphatic rings. The molecule has 0 amide bonds. The minimum atomic E-state index is 0.447. The molecule has 0 spiro atoms. The van der Waals surface area contributed by atoms with Gasteiger partial charge in [0.05, 0.1) is 0 Å². The van der Waals surface area contributed by atoms with E-state index in [4.69, 9.17) is 0 Å². The molecule has 1 unspecified atom stereocenters. The van der Waals surface area contributed by atoms with Crippen LogP contribution in [0.4, 0.5) is 0 Å². The maximum Gasteiger partial charge on any atom is 0.0346 e. The van der Waals surface area contributed by atoms with Crippen LogP contribution in [0.2, 0.25) is 0 Å². The Balaban J connectivity index is 2.26. The first-order valence-electron chi connectivity index (χ1n) is 6.56. The van der Waals surface area contributed by atoms with Crippen molar-refractivity contribution in [1.29, 1.82) is 0 Å². The van der Waals surface area contributed by atoms with Crippen molar-refractivity contribution in [1.82, 2.24) is 5.32 Å². The molecule has 18 heavy (non-hydrogen) atoms. The van der Waals surface area contributed by atoms with Crippen LogP contribution in [0.25, 0.3) is 10.1 Å². The molecule has 2 aromatic rings. The maximum atomic E-state index is 4.01. The summed E-state index contributed by atoms with van der Waals surface area (Å²) >= 11 is 1.84. The van der Waals surface area contributed by atoms with Crippen molar-refractivity contribution in [3.63, 3.8) is 0 Å². The molecule has 0 aliphatic carbocycles. The number of benzene rings is 1. The summed E-state index contributed by atoms with van der Waals surface area (Å²) < 4.78 is 1.38. The number of thiophene rings is 1. The predicted molar refractivity (Wildman–Crippen MR) is 82.3 cm³/mol. The van der Waals surface area contributed by atoms with Crippen molar-refractivity contribution in [2.24, 2.45) is 0 Å². The number of fused-ring (bicyclic) bond motifs is 1. The Kier molecular flexibility index (Phi) is 4.56. The Bertz CT molecular complexity index is 527. The van der Waals surface area contributed by atoms with Crippen LogP contribution < -0.4 is 5.32 Å². The summed E-state index contributed by atoms with van der Waals surface area (Å²) in [6.07, 6.45) is 2.21. The molecular weight excluding hydrogens is 238 g/mol. The Morgan fingerprint density at radius 1 is 1.39 bits per heavy atom. The second kappa shape index (κ2) is 6.17. The number of hydrogen-bond acceptors (Lipinski definition) is 2. The third-order valence-corrected chi connectivity index (χ3v) is 4.18. The molecule has 0 fully saturated rings. The van der Waals surface area contributed by atoms with Gasteiger partial charge in [-0.25, -0.2) is 0 Å². The van der Waals surface area contributed by atoms with Gasteiger partial charge < -0.3 is 5.32 Å². The van der Waals surface area contributed by atoms with Crippen LogP contribution in [-0.2, 0) is 0 Å². The molecule has 0 aliphatic heterocycles. The molecule has 1 aromatic carbocycles. The summed E-state index contributed by atoms with van der Waals surface area (Å²) in [6.45, 7) is 9.29. The van der Waals surface area contributed by atoms with Crippen LogP contribution in [0.3, 0.4) is 0 Å². The number of rotatable bonds is 6. The summed E-state index contributed by atoms with van der Waals surface area (Å²) in [7, 11) is 0. The average Bonchev–Trinajstić information content (AvgIpc) is 2.78. The molecule has 1 N–H and O–H groups in total. The Hall–Kier alpha value is -1.12. The SMILES string of the molecule is C=C(C)CCC(NCC)c1csc2ccccc12. The van der Waals surface area contributed by atoms with E-state index in [9.17, 15) is 0 Å². The molecule has 1 atom stereocenters. The van der Waals surface area contributed by atoms with Gasteiger partial charge in [-0.2, -0.15) is 0 Å². The van der Waals surface area contributed by atoms with Crippen molar-refractivity contribution in [2.45, 2.75) is 32.7 Å². The molecule has 0 radical (unpaired) electrons. The molecule has 0 bridgehead atoms. The lowest BCUT2D eigenvalue weighted by atomic mass is 9.99. The van der Waals surface area contributed by atoms with Crippen molar-refractivity contribution in [2.75, 3.05) is 6.54 Å². The predicted octanol–water partition coefficient (Wildman–Crippen LogP) is 4.91. The first-order chi connectivity index (χ1) is 8.72. The van der Waals surface area contributed by atoms with Gasteiger partial charge in [0.15, 0.2) is 0 Å². The van der Waals surface area contributed by atoms with Crippen molar-refractivity contribution >= 4 is 21.4 Å². The highest BCUT2D eigenvalue weighted by atomic mass is 32.1. The lowest BCUT2D eigenvalue weighted by Crippen LogP contribution is -2.20. The molecule has 2 rings (SSSR count). The van der Waals surface area contributed by atoms with E-state index in [1.165, 1.54) is 21.2 Å². The Morgan fingerprint density at radius 2 is 2.17 bits per heavy atom. The fourth-order valence-corrected chi connectivity index (χ4v) is 3.29. The average molecular weight is 259 g/mol. The summed E-state index contributed by atoms with van der Waals surface area (Å²) in [5, 5.41) is 7.30. The third kappa shape index (κ3) is 3.01. The van der Waals surface area contributed by atoms with E-state index in [1.807, 2.05) is 11.3 Å². The highest BCUT2D eigenvalue weighted by Crippen LogP contribution is 2.32. The van der Waals surface area contributed by atoms with E-state index in [1.54, 1.807) is 0 Å². The van der Waals surface area contributed by atoms with Crippen LogP contribution in [0.1, 0.15) is 38.3 Å². The zero-order chi connectivity index (χ0) is 13.0. The minimum absolute atomic E-state index is 0.447. The molecule has 0 saturated heterocycles. The quantitative estimate of drug-likeness (QED) is 0.727. The van der Waals surface area contributed by atoms with E-state index >= 15 is 0 Å². The first-order valence-corrected chi connectivity index (χ1v) is 7.44. The van der Waals surface area contributed by atoms with Gasteiger partial charge >= 0.3 is 0 Å². The van der Waals surface area contributed by atoms with Crippen LogP contribution in [-0.4, -0.2) is 6.54 Å². The van der Waals surface area contributed by atoms with Gasteiger partial charge in [0, 0.05) is 10.7 Å². The smallest absolute Gasteiger partial charge is 0.0346 e. The van der Waals surface area contributed by atoms with Crippen molar-refractivity contribution in [3.8, 4) is 0 Å². The summed E-state index contributed by atoms with van der Waals surface area (Å²) in [5.41, 5.74) is 2.70. The van der Waals surface area contributed by atoms with Gasteiger partial charge in [0.1, 0.15) is 0 Å². The normalized spacial score (nSPS) is 12.8. The van der Waals surface area contributed by atoms with E-state index in [2.05, 4.69) is 55.4 Å². The molecule has 1 heterocycles. The highest BCUT2D eigenvalue weighted by Gasteiger charge is 2.14. The van der Waals surface area contributed by atoms with Gasteiger partial charge in [-0.05, 0) is 48.7 Å². The Labute approximate surface area is 114 Å². The van der Waals surface area contributed by atoms with Crippen molar-refractivity contribution < 1.29 is 0 Å². The maximum absolute atomic E-state index is 4.01. The number of nitrogens with one attached hydrogen (secondary N) is 1. The van der Waals surface area contributed by atoms with E-state index in [0.29, 0.717) is 6.04 Å². The third-order valence-electron chi connectivity index (χ3n) is 3.20. The zero-order valence-electron chi connectivity index (χ0n) is 11.2. The molecule has 1 nitrogen and oxygen atoms in total. The summed E-state index contributed by atoms with van der Waals surface area (Å²) in [4.78, 5) is 0. The van der Waals surface area contributed by atoms with E-state index in [0.717, 1.165) is 19.4 Å². The molecule has 96 valence electrons. The van der Waals surface area contributed by atoms with E-state index < -0.39 is 0 Å². The van der Waals surface area contributed by atoms with Gasteiger partial charge in [-0.15, -0.1) is 17.9 Å². The summed E-state index contributed by atoms with van der Waals surface area (Å²) in [5.74, 6) is 0. The second-order valence-corrected chi connectivity index (χ2v) is 5.70. The second-order valence-electron chi connectivity index (χ2n) is 4.79. The summed E-state index contributed by atoms with van der Waals surface area (Å²) in [6, 6.07) is 9.11. The van der Waals surface area contributed by atoms with Crippen LogP contribution in [0.5, 0.6) is 0 Å². The van der Waals surface area contributed by atoms with Gasteiger partial charge in [-0.3, -0.25) is 0 Å². The van der Waals surface area contributed by atoms with Crippen LogP contribution in [0.15, 0.2) is 41.8 Å². The minimum Gasteiger partial charge on any atom is -0.310 e. The molecule has 1 aromatic heterocycles. The fraction of sp³-hybridized carbons (Fsp3) is 0.375. The molecule has 2 heteroatoms. The zero-order valence-corrected chi connectivity index (χ0v) is 12.0. The first kappa shape index (κ1) is 13.3. The molecular formula is C16H21NS. The van der Waals surface area contributed by atoms with Gasteiger partial charge in [0.25, 0.3) is 0 Å². The van der Waals surface area contributed by atoms with Crippen molar-refractivity contribution in [3.05, 3.63) is 47.4 Å². The largest absolute Gasteiger partial charge is 0.310 e. The Morgan fingerprint density at radius 3 is 2.89 bits per heavy atom. The molecule has 0 saturated carbocycles. The van der Waals surface area contributed by atoms with E-state index in [-0.39, 0.29) is 0 Å². The highest BCUT2D eigenvalue weighted by molar-refractivity contribution is 7.17. The van der Waals surface area contributed by atoms with Gasteiger partial charge in [0.2, 0.25) is 0 Å².